The molecular weight excluding hydrogens is 563 g/mol. The first-order chi connectivity index (χ1) is 17.0. The fraction of sp³-hybridized carbons (Fsp3) is 0.615. The number of carbonyl (C=O) groups is 2. The lowest BCUT2D eigenvalue weighted by Crippen LogP contribution is -2.58. The summed E-state index contributed by atoms with van der Waals surface area (Å²) in [5.74, 6) is 0.101. The van der Waals surface area contributed by atoms with Crippen molar-refractivity contribution < 1.29 is 29.3 Å². The first-order valence-electron chi connectivity index (χ1n) is 12.5. The first-order valence-corrected chi connectivity index (χ1v) is 13.6. The number of hydrogen-bond acceptors (Lipinski definition) is 6. The molecule has 2 amide bonds. The van der Waals surface area contributed by atoms with Crippen molar-refractivity contribution in [2.24, 2.45) is 0 Å². The molecule has 0 aromatic heterocycles. The average molecular weight is 600 g/mol. The third kappa shape index (κ3) is 7.65. The van der Waals surface area contributed by atoms with E-state index in [1.807, 2.05) is 31.2 Å². The van der Waals surface area contributed by atoms with Gasteiger partial charge in [0.2, 0.25) is 11.8 Å². The molecule has 2 aliphatic carbocycles. The van der Waals surface area contributed by atoms with Crippen molar-refractivity contribution in [2.45, 2.75) is 76.2 Å². The Labute approximate surface area is 221 Å². The molecule has 2 aliphatic rings. The second-order valence-corrected chi connectivity index (χ2v) is 10.2. The summed E-state index contributed by atoms with van der Waals surface area (Å²) in [6.07, 6.45) is 6.04. The molecule has 194 valence electrons. The van der Waals surface area contributed by atoms with Gasteiger partial charge in [0.1, 0.15) is 24.6 Å². The van der Waals surface area contributed by atoms with E-state index in [1.54, 1.807) is 11.0 Å². The van der Waals surface area contributed by atoms with Crippen LogP contribution in [0.15, 0.2) is 35.9 Å². The van der Waals surface area contributed by atoms with Crippen molar-refractivity contribution in [1.82, 2.24) is 10.2 Å². The number of nitrogens with zero attached hydrogens (tertiary/aromatic N) is 1. The molecule has 0 radical (unpaired) electrons. The molecule has 3 rings (SSSR count). The summed E-state index contributed by atoms with van der Waals surface area (Å²) >= 11 is 2.17. The maximum Gasteiger partial charge on any atom is 0.249 e. The molecule has 1 aromatic rings. The Balaban J connectivity index is 1.95. The molecule has 8 nitrogen and oxygen atoms in total. The molecule has 9 heteroatoms. The van der Waals surface area contributed by atoms with Crippen molar-refractivity contribution in [3.8, 4) is 5.75 Å². The number of ether oxygens (including phenoxy) is 2. The van der Waals surface area contributed by atoms with Crippen molar-refractivity contribution in [1.29, 1.82) is 0 Å². The number of amides is 2. The maximum absolute atomic E-state index is 13.4. The molecule has 3 unspecified atom stereocenters. The number of rotatable bonds is 10. The van der Waals surface area contributed by atoms with Gasteiger partial charge in [-0.3, -0.25) is 9.59 Å². The van der Waals surface area contributed by atoms with E-state index in [0.717, 1.165) is 42.1 Å². The van der Waals surface area contributed by atoms with Crippen LogP contribution in [0.2, 0.25) is 0 Å². The van der Waals surface area contributed by atoms with E-state index >= 15 is 0 Å². The van der Waals surface area contributed by atoms with Crippen LogP contribution in [0.5, 0.6) is 5.75 Å². The van der Waals surface area contributed by atoms with Crippen LogP contribution in [0.4, 0.5) is 0 Å². The van der Waals surface area contributed by atoms with Crippen LogP contribution in [-0.4, -0.2) is 77.6 Å². The maximum atomic E-state index is 13.4. The molecule has 1 fully saturated rings. The van der Waals surface area contributed by atoms with Crippen LogP contribution in [-0.2, 0) is 14.3 Å². The number of nitrogens with one attached hydrogen (secondary N) is 1. The summed E-state index contributed by atoms with van der Waals surface area (Å²) in [5, 5.41) is 23.4. The highest BCUT2D eigenvalue weighted by Gasteiger charge is 2.43. The Hall–Kier alpha value is -1.69. The number of hydrogen-bond donors (Lipinski definition) is 3. The number of aliphatic hydroxyl groups is 2. The van der Waals surface area contributed by atoms with Crippen molar-refractivity contribution in [3.05, 3.63) is 39.5 Å². The summed E-state index contributed by atoms with van der Waals surface area (Å²) in [6, 6.07) is 6.83. The third-order valence-corrected chi connectivity index (χ3v) is 7.50. The highest BCUT2D eigenvalue weighted by Crippen LogP contribution is 2.33. The zero-order chi connectivity index (χ0) is 25.2. The number of benzene rings is 1. The fourth-order valence-corrected chi connectivity index (χ4v) is 5.41. The van der Waals surface area contributed by atoms with Crippen LogP contribution in [0.1, 0.15) is 51.9 Å². The van der Waals surface area contributed by atoms with Gasteiger partial charge in [0.15, 0.2) is 0 Å². The molecule has 3 N–H and O–H groups in total. The molecular formula is C26H37IN2O6. The van der Waals surface area contributed by atoms with E-state index in [9.17, 15) is 14.7 Å². The molecule has 0 heterocycles. The largest absolute Gasteiger partial charge is 0.482 e. The minimum absolute atomic E-state index is 0.0255. The lowest BCUT2D eigenvalue weighted by atomic mass is 9.86. The predicted octanol–water partition coefficient (Wildman–Crippen LogP) is 2.79. The number of carbonyl (C=O) groups excluding carboxylic acids is 2. The Morgan fingerprint density at radius 2 is 1.89 bits per heavy atom. The minimum Gasteiger partial charge on any atom is -0.482 e. The van der Waals surface area contributed by atoms with Crippen LogP contribution in [0.3, 0.4) is 0 Å². The standard InChI is InChI=1S/C26H37IN2O6/c1-2-34-17-24(31)29(19-9-5-3-4-6-10-19)21-15-18(26(33)28-13-14-30)16-23(25(21)32)35-22-12-8-7-11-20(22)27/h7-8,11-12,16,19,21,23,25,30,32H,2-6,9-10,13-15,17H2,1H3,(H,28,33). The van der Waals surface area contributed by atoms with Gasteiger partial charge in [-0.15, -0.1) is 0 Å². The van der Waals surface area contributed by atoms with Gasteiger partial charge in [-0.1, -0.05) is 37.8 Å². The van der Waals surface area contributed by atoms with Gasteiger partial charge in [-0.25, -0.2) is 0 Å². The molecule has 0 aliphatic heterocycles. The van der Waals surface area contributed by atoms with Crippen molar-refractivity contribution in [3.63, 3.8) is 0 Å². The monoisotopic (exact) mass is 600 g/mol. The van der Waals surface area contributed by atoms with E-state index in [4.69, 9.17) is 14.6 Å². The SMILES string of the molecule is CCOCC(=O)N(C1CCCCCC1)C1CC(C(=O)NCCO)=CC(Oc2ccccc2I)C1O. The summed E-state index contributed by atoms with van der Waals surface area (Å²) in [6.45, 7) is 2.16. The minimum atomic E-state index is -1.02. The number of aliphatic hydroxyl groups excluding tert-OH is 2. The van der Waals surface area contributed by atoms with Crippen LogP contribution in [0.25, 0.3) is 0 Å². The number of para-hydroxylation sites is 1. The molecule has 0 bridgehead atoms. The smallest absolute Gasteiger partial charge is 0.249 e. The van der Waals surface area contributed by atoms with Crippen LogP contribution in [0, 0.1) is 3.57 Å². The highest BCUT2D eigenvalue weighted by molar-refractivity contribution is 14.1. The van der Waals surface area contributed by atoms with Gasteiger partial charge < -0.3 is 29.9 Å². The predicted molar refractivity (Wildman–Crippen MR) is 141 cm³/mol. The Morgan fingerprint density at radius 1 is 1.17 bits per heavy atom. The van der Waals surface area contributed by atoms with Gasteiger partial charge >= 0.3 is 0 Å². The average Bonchev–Trinajstić information content (AvgIpc) is 3.14. The van der Waals surface area contributed by atoms with Gasteiger partial charge in [0.25, 0.3) is 0 Å². The van der Waals surface area contributed by atoms with E-state index in [2.05, 4.69) is 27.9 Å². The number of halogens is 1. The Bertz CT molecular complexity index is 871. The molecule has 3 atom stereocenters. The highest BCUT2D eigenvalue weighted by atomic mass is 127. The van der Waals surface area contributed by atoms with Gasteiger partial charge in [0.05, 0.1) is 16.2 Å². The lowest BCUT2D eigenvalue weighted by Gasteiger charge is -2.44. The molecule has 0 saturated heterocycles. The zero-order valence-corrected chi connectivity index (χ0v) is 22.5. The quantitative estimate of drug-likeness (QED) is 0.282. The van der Waals surface area contributed by atoms with Crippen molar-refractivity contribution in [2.75, 3.05) is 26.4 Å². The Morgan fingerprint density at radius 3 is 2.54 bits per heavy atom. The summed E-state index contributed by atoms with van der Waals surface area (Å²) in [5.41, 5.74) is 0.438. The molecule has 1 saturated carbocycles. The third-order valence-electron chi connectivity index (χ3n) is 6.61. The summed E-state index contributed by atoms with van der Waals surface area (Å²) < 4.78 is 12.5. The van der Waals surface area contributed by atoms with Crippen LogP contribution >= 0.6 is 22.6 Å². The van der Waals surface area contributed by atoms with Crippen molar-refractivity contribution >= 4 is 34.4 Å². The second kappa shape index (κ2) is 14.2. The normalized spacial score (nSPS) is 23.2. The van der Waals surface area contributed by atoms with E-state index < -0.39 is 18.2 Å². The second-order valence-electron chi connectivity index (χ2n) is 9.03. The van der Waals surface area contributed by atoms with Gasteiger partial charge in [-0.05, 0) is 60.6 Å². The van der Waals surface area contributed by atoms with Gasteiger partial charge in [0, 0.05) is 31.2 Å². The van der Waals surface area contributed by atoms with Gasteiger partial charge in [-0.2, -0.15) is 0 Å². The first kappa shape index (κ1) is 27.9. The van der Waals surface area contributed by atoms with Crippen LogP contribution < -0.4 is 10.1 Å². The summed E-state index contributed by atoms with van der Waals surface area (Å²) in [7, 11) is 0. The lowest BCUT2D eigenvalue weighted by molar-refractivity contribution is -0.147. The van der Waals surface area contributed by atoms with E-state index in [1.165, 1.54) is 0 Å². The summed E-state index contributed by atoms with van der Waals surface area (Å²) in [4.78, 5) is 28.1. The fourth-order valence-electron chi connectivity index (χ4n) is 4.89. The zero-order valence-electron chi connectivity index (χ0n) is 20.3. The topological polar surface area (TPSA) is 108 Å². The Kier molecular flexibility index (Phi) is 11.3. The molecule has 1 aromatic carbocycles. The molecule has 35 heavy (non-hydrogen) atoms. The van der Waals surface area contributed by atoms with E-state index in [0.29, 0.717) is 17.9 Å². The molecule has 0 spiro atoms. The van der Waals surface area contributed by atoms with E-state index in [-0.39, 0.29) is 44.0 Å².